The first kappa shape index (κ1) is 18.0. The van der Waals surface area contributed by atoms with E-state index in [1.165, 1.54) is 17.7 Å². The highest BCUT2D eigenvalue weighted by Crippen LogP contribution is 2.26. The Hall–Kier alpha value is -1.78. The zero-order valence-corrected chi connectivity index (χ0v) is 15.5. The molecule has 2 N–H and O–H groups in total. The summed E-state index contributed by atoms with van der Waals surface area (Å²) in [6.45, 7) is 3.93. The average Bonchev–Trinajstić information content (AvgIpc) is 3.02. The first-order valence-electron chi connectivity index (χ1n) is 8.17. The Labute approximate surface area is 153 Å². The lowest BCUT2D eigenvalue weighted by atomic mass is 9.94. The van der Waals surface area contributed by atoms with Gasteiger partial charge in [-0.05, 0) is 25.1 Å². The Morgan fingerprint density at radius 1 is 1.52 bits per heavy atom. The molecule has 0 aromatic carbocycles. The van der Waals surface area contributed by atoms with Gasteiger partial charge in [-0.25, -0.2) is 4.98 Å². The van der Waals surface area contributed by atoms with Crippen LogP contribution in [0.1, 0.15) is 31.4 Å². The summed E-state index contributed by atoms with van der Waals surface area (Å²) in [7, 11) is 0. The van der Waals surface area contributed by atoms with Crippen LogP contribution in [0.4, 0.5) is 5.13 Å². The number of likely N-dealkylation sites (tertiary alicyclic amines) is 1. The second-order valence-corrected chi connectivity index (χ2v) is 8.25. The molecule has 0 radical (unpaired) electrons. The number of rotatable bonds is 6. The predicted octanol–water partition coefficient (Wildman–Crippen LogP) is 1.55. The van der Waals surface area contributed by atoms with E-state index >= 15 is 0 Å². The number of hydrogen-bond donors (Lipinski definition) is 2. The van der Waals surface area contributed by atoms with Crippen LogP contribution in [0.5, 0.6) is 0 Å². The van der Waals surface area contributed by atoms with Gasteiger partial charge in [-0.3, -0.25) is 19.8 Å². The SMILES string of the molecule is CCSc1nnc(NC(=O)CN2CCC[C@H](c3cc(=O)[nH]cn3)C2)s1. The van der Waals surface area contributed by atoms with Crippen LogP contribution in [0.25, 0.3) is 0 Å². The Morgan fingerprint density at radius 3 is 3.20 bits per heavy atom. The van der Waals surface area contributed by atoms with Gasteiger partial charge in [0.05, 0.1) is 18.6 Å². The van der Waals surface area contributed by atoms with E-state index in [4.69, 9.17) is 0 Å². The molecule has 25 heavy (non-hydrogen) atoms. The lowest BCUT2D eigenvalue weighted by Gasteiger charge is -2.31. The normalized spacial score (nSPS) is 18.2. The fourth-order valence-electron chi connectivity index (χ4n) is 2.85. The fraction of sp³-hybridized carbons (Fsp3) is 0.533. The average molecular weight is 380 g/mol. The highest BCUT2D eigenvalue weighted by Gasteiger charge is 2.24. The van der Waals surface area contributed by atoms with Gasteiger partial charge in [-0.15, -0.1) is 10.2 Å². The maximum atomic E-state index is 12.3. The zero-order valence-electron chi connectivity index (χ0n) is 13.9. The van der Waals surface area contributed by atoms with Crippen molar-refractivity contribution >= 4 is 34.1 Å². The van der Waals surface area contributed by atoms with Gasteiger partial charge in [0, 0.05) is 18.5 Å². The quantitative estimate of drug-likeness (QED) is 0.579. The van der Waals surface area contributed by atoms with Crippen molar-refractivity contribution in [3.05, 3.63) is 28.4 Å². The van der Waals surface area contributed by atoms with Crippen molar-refractivity contribution in [3.63, 3.8) is 0 Å². The molecule has 1 aliphatic rings. The standard InChI is InChI=1S/C15H20N6O2S2/c1-2-24-15-20-19-14(25-15)18-13(23)8-21-5-3-4-10(7-21)11-6-12(22)17-9-16-11/h6,9-10H,2-5,7-8H2,1H3,(H,16,17,22)(H,18,19,23)/t10-/m0/s1. The number of thioether (sulfide) groups is 1. The summed E-state index contributed by atoms with van der Waals surface area (Å²) in [6.07, 6.45) is 3.38. The summed E-state index contributed by atoms with van der Waals surface area (Å²) in [5, 5.41) is 11.4. The zero-order chi connectivity index (χ0) is 17.6. The van der Waals surface area contributed by atoms with Gasteiger partial charge in [0.25, 0.3) is 5.56 Å². The molecule has 0 aliphatic carbocycles. The Bertz CT molecular complexity index is 777. The second kappa shape index (κ2) is 8.54. The maximum Gasteiger partial charge on any atom is 0.250 e. The number of hydrogen-bond acceptors (Lipinski definition) is 8. The molecule has 0 saturated carbocycles. The van der Waals surface area contributed by atoms with E-state index in [2.05, 4.69) is 30.4 Å². The molecule has 1 fully saturated rings. The monoisotopic (exact) mass is 380 g/mol. The molecule has 0 unspecified atom stereocenters. The largest absolute Gasteiger partial charge is 0.313 e. The smallest absolute Gasteiger partial charge is 0.250 e. The van der Waals surface area contributed by atoms with E-state index in [1.807, 2.05) is 6.92 Å². The van der Waals surface area contributed by atoms with Crippen molar-refractivity contribution in [2.75, 3.05) is 30.7 Å². The van der Waals surface area contributed by atoms with Crippen LogP contribution in [-0.4, -0.2) is 56.4 Å². The minimum absolute atomic E-state index is 0.0938. The number of piperidine rings is 1. The van der Waals surface area contributed by atoms with Gasteiger partial charge in [0.15, 0.2) is 4.34 Å². The third kappa shape index (κ3) is 5.10. The molecule has 2 aromatic rings. The summed E-state index contributed by atoms with van der Waals surface area (Å²) in [6, 6.07) is 1.54. The molecule has 1 amide bonds. The topological polar surface area (TPSA) is 104 Å². The van der Waals surface area contributed by atoms with Crippen LogP contribution < -0.4 is 10.9 Å². The van der Waals surface area contributed by atoms with Crippen molar-refractivity contribution < 1.29 is 4.79 Å². The number of carbonyl (C=O) groups is 1. The summed E-state index contributed by atoms with van der Waals surface area (Å²) in [5.74, 6) is 1.01. The second-order valence-electron chi connectivity index (χ2n) is 5.76. The van der Waals surface area contributed by atoms with Gasteiger partial charge in [-0.2, -0.15) is 0 Å². The third-order valence-corrected chi connectivity index (χ3v) is 5.77. The number of aromatic nitrogens is 4. The van der Waals surface area contributed by atoms with Crippen molar-refractivity contribution in [3.8, 4) is 0 Å². The summed E-state index contributed by atoms with van der Waals surface area (Å²) >= 11 is 2.99. The van der Waals surface area contributed by atoms with Crippen LogP contribution in [0.2, 0.25) is 0 Å². The van der Waals surface area contributed by atoms with Crippen molar-refractivity contribution in [2.45, 2.75) is 30.0 Å². The molecule has 3 heterocycles. The molecule has 1 saturated heterocycles. The first-order chi connectivity index (χ1) is 12.1. The van der Waals surface area contributed by atoms with Crippen LogP contribution >= 0.6 is 23.1 Å². The molecule has 0 spiro atoms. The molecule has 8 nitrogen and oxygen atoms in total. The molecule has 1 aliphatic heterocycles. The Kier molecular flexibility index (Phi) is 6.16. The minimum atomic E-state index is -0.142. The third-order valence-electron chi connectivity index (χ3n) is 3.91. The molecule has 1 atom stereocenters. The molecule has 3 rings (SSSR count). The van der Waals surface area contributed by atoms with E-state index in [0.717, 1.165) is 41.7 Å². The van der Waals surface area contributed by atoms with E-state index in [0.29, 0.717) is 11.7 Å². The van der Waals surface area contributed by atoms with Crippen molar-refractivity contribution in [1.29, 1.82) is 0 Å². The highest BCUT2D eigenvalue weighted by atomic mass is 32.2. The van der Waals surface area contributed by atoms with Gasteiger partial charge >= 0.3 is 0 Å². The van der Waals surface area contributed by atoms with Crippen LogP contribution in [-0.2, 0) is 4.79 Å². The summed E-state index contributed by atoms with van der Waals surface area (Å²) in [4.78, 5) is 32.6. The lowest BCUT2D eigenvalue weighted by molar-refractivity contribution is -0.117. The van der Waals surface area contributed by atoms with E-state index in [-0.39, 0.29) is 17.4 Å². The van der Waals surface area contributed by atoms with Crippen molar-refractivity contribution in [1.82, 2.24) is 25.1 Å². The molecule has 134 valence electrons. The van der Waals surface area contributed by atoms with Gasteiger partial charge < -0.3 is 4.98 Å². The molecule has 2 aromatic heterocycles. The van der Waals surface area contributed by atoms with Crippen LogP contribution in [0.15, 0.2) is 21.5 Å². The minimum Gasteiger partial charge on any atom is -0.313 e. The van der Waals surface area contributed by atoms with Gasteiger partial charge in [0.1, 0.15) is 0 Å². The number of carbonyl (C=O) groups excluding carboxylic acids is 1. The summed E-state index contributed by atoms with van der Waals surface area (Å²) < 4.78 is 0.858. The molecular weight excluding hydrogens is 360 g/mol. The van der Waals surface area contributed by atoms with Gasteiger partial charge in [-0.1, -0.05) is 30.0 Å². The Balaban J connectivity index is 1.54. The predicted molar refractivity (Wildman–Crippen MR) is 98.2 cm³/mol. The summed E-state index contributed by atoms with van der Waals surface area (Å²) in [5.41, 5.74) is 0.649. The van der Waals surface area contributed by atoms with E-state index < -0.39 is 0 Å². The Morgan fingerprint density at radius 2 is 2.40 bits per heavy atom. The number of anilines is 1. The van der Waals surface area contributed by atoms with E-state index in [1.54, 1.807) is 17.8 Å². The molecular formula is C15H20N6O2S2. The molecule has 0 bridgehead atoms. The number of aromatic amines is 1. The first-order valence-corrected chi connectivity index (χ1v) is 9.97. The van der Waals surface area contributed by atoms with Gasteiger partial charge in [0.2, 0.25) is 11.0 Å². The lowest BCUT2D eigenvalue weighted by Crippen LogP contribution is -2.40. The van der Waals surface area contributed by atoms with Crippen LogP contribution in [0, 0.1) is 0 Å². The number of nitrogens with one attached hydrogen (secondary N) is 2. The fourth-order valence-corrected chi connectivity index (χ4v) is 4.52. The highest BCUT2D eigenvalue weighted by molar-refractivity contribution is 8.01. The van der Waals surface area contributed by atoms with E-state index in [9.17, 15) is 9.59 Å². The number of amides is 1. The van der Waals surface area contributed by atoms with Crippen molar-refractivity contribution in [2.24, 2.45) is 0 Å². The van der Waals surface area contributed by atoms with Crippen LogP contribution in [0.3, 0.4) is 0 Å². The maximum absolute atomic E-state index is 12.3. The molecule has 10 heteroatoms. The number of H-pyrrole nitrogens is 1. The number of nitrogens with zero attached hydrogens (tertiary/aromatic N) is 4.